The molecule has 0 aromatic carbocycles. The molecule has 1 unspecified atom stereocenters. The van der Waals surface area contributed by atoms with Crippen molar-refractivity contribution in [2.75, 3.05) is 4.43 Å². The fourth-order valence-corrected chi connectivity index (χ4v) is 8.26. The van der Waals surface area contributed by atoms with E-state index < -0.39 is 68.3 Å². The summed E-state index contributed by atoms with van der Waals surface area (Å²) in [4.78, 5) is 0. The van der Waals surface area contributed by atoms with E-state index in [0.717, 1.165) is 0 Å². The van der Waals surface area contributed by atoms with Crippen LogP contribution in [-0.4, -0.2) is 25.9 Å². The number of hydrogen-bond donors (Lipinski definition) is 0. The van der Waals surface area contributed by atoms with Gasteiger partial charge in [0.05, 0.1) is 0 Å². The molecular weight excluding hydrogens is 518 g/mol. The molecule has 1 atom stereocenters. The van der Waals surface area contributed by atoms with E-state index in [1.165, 1.54) is 6.92 Å². The Hall–Kier alpha value is -0.440. The standard InChI is InChI=1S/C12H13F13I/c1-2-3-4-5-6-26(22,23,24,25)10(17)8(14)7(13)9(15,16)11(18,19)12(10,20)21/h2-6H2,1H3/q+1. The molecule has 0 spiro atoms. The molecule has 14 heteroatoms. The van der Waals surface area contributed by atoms with E-state index in [9.17, 15) is 51.0 Å². The van der Waals surface area contributed by atoms with Crippen molar-refractivity contribution >= 4 is 0 Å². The monoisotopic (exact) mass is 531 g/mol. The van der Waals surface area contributed by atoms with Gasteiger partial charge in [-0.05, 0) is 0 Å². The van der Waals surface area contributed by atoms with E-state index in [1.807, 2.05) is 0 Å². The van der Waals surface area contributed by atoms with Crippen LogP contribution in [0.2, 0.25) is 0 Å². The maximum atomic E-state index is 14.2. The van der Waals surface area contributed by atoms with Crippen molar-refractivity contribution in [2.24, 2.45) is 0 Å². The van der Waals surface area contributed by atoms with Crippen LogP contribution in [0.5, 0.6) is 0 Å². The maximum absolute atomic E-state index is 14.2. The van der Waals surface area contributed by atoms with Gasteiger partial charge in [-0.3, -0.25) is 0 Å². The normalized spacial score (nSPS) is 30.7. The molecule has 1 aliphatic carbocycles. The summed E-state index contributed by atoms with van der Waals surface area (Å²) in [6.45, 7) is 1.46. The third-order valence-electron chi connectivity index (χ3n) is 3.87. The molecule has 0 aromatic heterocycles. The fourth-order valence-electron chi connectivity index (χ4n) is 2.31. The molecule has 0 N–H and O–H groups in total. The second-order valence-electron chi connectivity index (χ2n) is 5.82. The minimum absolute atomic E-state index is 0.0270. The van der Waals surface area contributed by atoms with Crippen LogP contribution in [0, 0.1) is 0 Å². The van der Waals surface area contributed by atoms with E-state index in [4.69, 9.17) is 0 Å². The molecule has 0 bridgehead atoms. The topological polar surface area (TPSA) is 0 Å². The predicted octanol–water partition coefficient (Wildman–Crippen LogP) is 4.07. The third kappa shape index (κ3) is 2.71. The van der Waals surface area contributed by atoms with Gasteiger partial charge in [0.25, 0.3) is 0 Å². The summed E-state index contributed by atoms with van der Waals surface area (Å²) in [5.74, 6) is -30.8. The van der Waals surface area contributed by atoms with Gasteiger partial charge in [0.15, 0.2) is 0 Å². The molecule has 0 heterocycles. The van der Waals surface area contributed by atoms with E-state index in [1.54, 1.807) is 0 Å². The SMILES string of the molecule is CCCCCC[I+](F)(F)(F)(F)C1(F)C(F)=C(F)C(F)(F)C(F)(F)C1(F)F. The molecule has 0 aliphatic heterocycles. The third-order valence-corrected chi connectivity index (χ3v) is 11.3. The van der Waals surface area contributed by atoms with Crippen molar-refractivity contribution in [3.8, 4) is 0 Å². The summed E-state index contributed by atoms with van der Waals surface area (Å²) < 4.78 is 165. The van der Waals surface area contributed by atoms with Crippen molar-refractivity contribution in [1.29, 1.82) is 0 Å². The fraction of sp³-hybridized carbons (Fsp3) is 0.833. The average molecular weight is 531 g/mol. The molecule has 0 fully saturated rings. The Morgan fingerprint density at radius 1 is 0.692 bits per heavy atom. The van der Waals surface area contributed by atoms with Crippen LogP contribution in [0.25, 0.3) is 0 Å². The van der Waals surface area contributed by atoms with E-state index in [2.05, 4.69) is 0 Å². The van der Waals surface area contributed by atoms with Gasteiger partial charge < -0.3 is 0 Å². The van der Waals surface area contributed by atoms with Crippen molar-refractivity contribution < 1.29 is 68.9 Å². The van der Waals surface area contributed by atoms with E-state index in [-0.39, 0.29) is 12.8 Å². The Labute approximate surface area is 139 Å². The van der Waals surface area contributed by atoms with Crippen molar-refractivity contribution in [2.45, 2.75) is 54.1 Å². The summed E-state index contributed by atoms with van der Waals surface area (Å²) in [5.41, 5.74) is 0. The summed E-state index contributed by atoms with van der Waals surface area (Å²) in [6.07, 6.45) is -1.70. The van der Waals surface area contributed by atoms with E-state index in [0.29, 0.717) is 0 Å². The average Bonchev–Trinajstić information content (AvgIpc) is 2.46. The van der Waals surface area contributed by atoms with Crippen molar-refractivity contribution in [1.82, 2.24) is 0 Å². The molecular formula is C12H13F13I+. The number of rotatable bonds is 6. The minimum atomic E-state index is -12.2. The second-order valence-corrected chi connectivity index (χ2v) is 14.9. The first-order valence-electron chi connectivity index (χ1n) is 6.94. The second kappa shape index (κ2) is 5.55. The number of hydrogen-bond acceptors (Lipinski definition) is 0. The number of unbranched alkanes of at least 4 members (excludes halogenated alkanes) is 3. The van der Waals surface area contributed by atoms with Crippen molar-refractivity contribution in [3.63, 3.8) is 0 Å². The molecule has 0 radical (unpaired) electrons. The van der Waals surface area contributed by atoms with Gasteiger partial charge in [-0.2, -0.15) is 0 Å². The Bertz CT molecular complexity index is 616. The van der Waals surface area contributed by atoms with Gasteiger partial charge in [-0.15, -0.1) is 0 Å². The summed E-state index contributed by atoms with van der Waals surface area (Å²) >= 11 is -12.2. The zero-order valence-electron chi connectivity index (χ0n) is 12.8. The zero-order chi connectivity index (χ0) is 21.1. The van der Waals surface area contributed by atoms with Gasteiger partial charge in [-0.1, -0.05) is 0 Å². The molecule has 0 aromatic rings. The molecule has 1 rings (SSSR count). The number of halogens is 14. The molecule has 0 amide bonds. The first-order chi connectivity index (χ1) is 11.1. The van der Waals surface area contributed by atoms with Crippen molar-refractivity contribution in [3.05, 3.63) is 11.7 Å². The van der Waals surface area contributed by atoms with Crippen LogP contribution in [-0.2, 0) is 0 Å². The first kappa shape index (κ1) is 23.6. The van der Waals surface area contributed by atoms with Gasteiger partial charge in [0.2, 0.25) is 0 Å². The number of allylic oxidation sites excluding steroid dienone is 2. The Morgan fingerprint density at radius 2 is 1.15 bits per heavy atom. The predicted molar refractivity (Wildman–Crippen MR) is 61.4 cm³/mol. The van der Waals surface area contributed by atoms with Gasteiger partial charge in [0, 0.05) is 0 Å². The Kier molecular flexibility index (Phi) is 5.04. The van der Waals surface area contributed by atoms with Crippen LogP contribution >= 0.6 is 0 Å². The van der Waals surface area contributed by atoms with Gasteiger partial charge in [0.1, 0.15) is 0 Å². The molecule has 158 valence electrons. The van der Waals surface area contributed by atoms with Crippen LogP contribution in [0.1, 0.15) is 32.6 Å². The molecule has 0 saturated carbocycles. The molecule has 1 aliphatic rings. The summed E-state index contributed by atoms with van der Waals surface area (Å²) in [5, 5.41) is 0. The quantitative estimate of drug-likeness (QED) is 0.210. The Balaban J connectivity index is 3.78. The van der Waals surface area contributed by atoms with Crippen LogP contribution in [0.4, 0.5) is 51.0 Å². The molecule has 0 nitrogen and oxygen atoms in total. The van der Waals surface area contributed by atoms with Gasteiger partial charge in [-0.25, -0.2) is 0 Å². The van der Waals surface area contributed by atoms with Gasteiger partial charge >= 0.3 is 139 Å². The van der Waals surface area contributed by atoms with Crippen LogP contribution in [0.15, 0.2) is 11.7 Å². The zero-order valence-corrected chi connectivity index (χ0v) is 15.0. The first-order valence-corrected chi connectivity index (χ1v) is 12.8. The Morgan fingerprint density at radius 3 is 1.58 bits per heavy atom. The summed E-state index contributed by atoms with van der Waals surface area (Å²) in [7, 11) is 0. The van der Waals surface area contributed by atoms with E-state index >= 15 is 0 Å². The molecule has 26 heavy (non-hydrogen) atoms. The molecule has 0 saturated heterocycles. The summed E-state index contributed by atoms with van der Waals surface area (Å²) in [6, 6.07) is 0. The number of alkyl halides is 9. The van der Waals surface area contributed by atoms with Crippen LogP contribution in [0.3, 0.4) is 0 Å². The van der Waals surface area contributed by atoms with Crippen LogP contribution < -0.4 is 18.0 Å².